The first-order chi connectivity index (χ1) is 9.89. The summed E-state index contributed by atoms with van der Waals surface area (Å²) in [5.74, 6) is -1.57. The Kier molecular flexibility index (Phi) is 4.54. The first-order valence-corrected chi connectivity index (χ1v) is 7.05. The first-order valence-electron chi connectivity index (χ1n) is 6.68. The Balaban J connectivity index is 2.03. The fraction of sp³-hybridized carbons (Fsp3) is 0.467. The van der Waals surface area contributed by atoms with Crippen molar-refractivity contribution in [2.75, 3.05) is 13.7 Å². The highest BCUT2D eigenvalue weighted by atomic mass is 35.5. The molecule has 0 radical (unpaired) electrons. The SMILES string of the molecule is COCC(C)(NC(=O)C1CC1c1ccccc1Cl)C(=O)O. The summed E-state index contributed by atoms with van der Waals surface area (Å²) >= 11 is 6.12. The lowest BCUT2D eigenvalue weighted by atomic mass is 10.0. The second kappa shape index (κ2) is 6.03. The van der Waals surface area contributed by atoms with Gasteiger partial charge in [-0.1, -0.05) is 29.8 Å². The lowest BCUT2D eigenvalue weighted by molar-refractivity contribution is -0.149. The molecule has 1 amide bonds. The minimum absolute atomic E-state index is 0.0549. The maximum absolute atomic E-state index is 12.2. The number of methoxy groups -OCH3 is 1. The third kappa shape index (κ3) is 3.36. The summed E-state index contributed by atoms with van der Waals surface area (Å²) in [6.45, 7) is 1.35. The number of nitrogens with one attached hydrogen (secondary N) is 1. The molecule has 1 aromatic rings. The van der Waals surface area contributed by atoms with E-state index in [4.69, 9.17) is 16.3 Å². The van der Waals surface area contributed by atoms with E-state index in [0.717, 1.165) is 5.56 Å². The summed E-state index contributed by atoms with van der Waals surface area (Å²) in [7, 11) is 1.40. The zero-order valence-corrected chi connectivity index (χ0v) is 12.7. The molecular weight excluding hydrogens is 294 g/mol. The topological polar surface area (TPSA) is 75.6 Å². The molecule has 1 fully saturated rings. The van der Waals surface area contributed by atoms with Crippen LogP contribution >= 0.6 is 11.6 Å². The van der Waals surface area contributed by atoms with Crippen LogP contribution in [0.2, 0.25) is 5.02 Å². The van der Waals surface area contributed by atoms with Crippen LogP contribution in [-0.2, 0) is 14.3 Å². The summed E-state index contributed by atoms with van der Waals surface area (Å²) in [6.07, 6.45) is 0.679. The van der Waals surface area contributed by atoms with E-state index in [1.165, 1.54) is 14.0 Å². The quantitative estimate of drug-likeness (QED) is 0.843. The van der Waals surface area contributed by atoms with Gasteiger partial charge in [0.2, 0.25) is 5.91 Å². The van der Waals surface area contributed by atoms with Crippen molar-refractivity contribution in [3.05, 3.63) is 34.9 Å². The van der Waals surface area contributed by atoms with Crippen molar-refractivity contribution in [2.45, 2.75) is 24.8 Å². The molecule has 2 N–H and O–H groups in total. The molecule has 2 rings (SSSR count). The third-order valence-corrected chi connectivity index (χ3v) is 4.08. The number of hydrogen-bond acceptors (Lipinski definition) is 3. The lowest BCUT2D eigenvalue weighted by Gasteiger charge is -2.25. The highest BCUT2D eigenvalue weighted by Crippen LogP contribution is 2.49. The molecule has 1 aliphatic carbocycles. The molecule has 0 spiro atoms. The van der Waals surface area contributed by atoms with Gasteiger partial charge in [0.1, 0.15) is 0 Å². The van der Waals surface area contributed by atoms with E-state index < -0.39 is 11.5 Å². The van der Waals surface area contributed by atoms with Gasteiger partial charge in [-0.3, -0.25) is 4.79 Å². The van der Waals surface area contributed by atoms with Crippen LogP contribution in [0.25, 0.3) is 0 Å². The number of carboxylic acids is 1. The standard InChI is InChI=1S/C15H18ClNO4/c1-15(8-21-2,14(19)20)17-13(18)11-7-10(11)9-5-3-4-6-12(9)16/h3-6,10-11H,7-8H2,1-2H3,(H,17,18)(H,19,20). The van der Waals surface area contributed by atoms with Crippen LogP contribution in [0.4, 0.5) is 0 Å². The van der Waals surface area contributed by atoms with E-state index in [1.54, 1.807) is 6.07 Å². The molecule has 0 aromatic heterocycles. The largest absolute Gasteiger partial charge is 0.479 e. The number of carbonyl (C=O) groups excluding carboxylic acids is 1. The highest BCUT2D eigenvalue weighted by molar-refractivity contribution is 6.31. The maximum Gasteiger partial charge on any atom is 0.331 e. The number of aliphatic carboxylic acids is 1. The van der Waals surface area contributed by atoms with Crippen molar-refractivity contribution in [1.29, 1.82) is 0 Å². The van der Waals surface area contributed by atoms with Crippen molar-refractivity contribution < 1.29 is 19.4 Å². The molecule has 21 heavy (non-hydrogen) atoms. The zero-order chi connectivity index (χ0) is 15.6. The van der Waals surface area contributed by atoms with Gasteiger partial charge in [0, 0.05) is 18.1 Å². The Labute approximate surface area is 128 Å². The Hall–Kier alpha value is -1.59. The Bertz CT molecular complexity index is 562. The molecule has 0 bridgehead atoms. The van der Waals surface area contributed by atoms with Crippen molar-refractivity contribution in [1.82, 2.24) is 5.32 Å². The number of carboxylic acid groups (broad SMARTS) is 1. The molecule has 0 heterocycles. The molecule has 6 heteroatoms. The molecular formula is C15H18ClNO4. The van der Waals surface area contributed by atoms with Crippen molar-refractivity contribution in [2.24, 2.45) is 5.92 Å². The maximum atomic E-state index is 12.2. The normalized spacial score (nSPS) is 23.2. The van der Waals surface area contributed by atoms with Gasteiger partial charge < -0.3 is 15.2 Å². The van der Waals surface area contributed by atoms with Crippen LogP contribution in [0.3, 0.4) is 0 Å². The number of amides is 1. The average Bonchev–Trinajstić information content (AvgIpc) is 3.19. The fourth-order valence-corrected chi connectivity index (χ4v) is 2.68. The predicted octanol–water partition coefficient (Wildman–Crippen LogP) is 2.05. The lowest BCUT2D eigenvalue weighted by Crippen LogP contribution is -2.55. The average molecular weight is 312 g/mol. The van der Waals surface area contributed by atoms with Crippen molar-refractivity contribution >= 4 is 23.5 Å². The molecule has 1 aliphatic rings. The number of hydrogen-bond donors (Lipinski definition) is 2. The van der Waals surface area contributed by atoms with Gasteiger partial charge in [-0.25, -0.2) is 4.79 Å². The van der Waals surface area contributed by atoms with E-state index in [2.05, 4.69) is 5.32 Å². The Morgan fingerprint density at radius 3 is 2.71 bits per heavy atom. The monoisotopic (exact) mass is 311 g/mol. The summed E-state index contributed by atoms with van der Waals surface area (Å²) in [6, 6.07) is 7.40. The number of ether oxygens (including phenoxy) is 1. The number of rotatable bonds is 6. The van der Waals surface area contributed by atoms with Crippen molar-refractivity contribution in [3.8, 4) is 0 Å². The second-order valence-corrected chi connectivity index (χ2v) is 5.94. The van der Waals surface area contributed by atoms with Crippen LogP contribution in [0.1, 0.15) is 24.8 Å². The smallest absolute Gasteiger partial charge is 0.331 e. The van der Waals surface area contributed by atoms with Crippen LogP contribution in [0, 0.1) is 5.92 Å². The van der Waals surface area contributed by atoms with E-state index >= 15 is 0 Å². The predicted molar refractivity (Wildman–Crippen MR) is 78.4 cm³/mol. The number of halogens is 1. The van der Waals surface area contributed by atoms with Gasteiger partial charge in [0.05, 0.1) is 6.61 Å². The van der Waals surface area contributed by atoms with Crippen LogP contribution in [-0.4, -0.2) is 36.2 Å². The molecule has 1 aromatic carbocycles. The summed E-state index contributed by atoms with van der Waals surface area (Å²) < 4.78 is 4.88. The molecule has 3 atom stereocenters. The van der Waals surface area contributed by atoms with E-state index in [9.17, 15) is 14.7 Å². The van der Waals surface area contributed by atoms with Gasteiger partial charge in [-0.15, -0.1) is 0 Å². The van der Waals surface area contributed by atoms with Gasteiger partial charge in [-0.2, -0.15) is 0 Å². The molecule has 114 valence electrons. The number of benzene rings is 1. The summed E-state index contributed by atoms with van der Waals surface area (Å²) in [5.41, 5.74) is -0.484. The fourth-order valence-electron chi connectivity index (χ4n) is 2.41. The molecule has 1 saturated carbocycles. The van der Waals surface area contributed by atoms with Crippen molar-refractivity contribution in [3.63, 3.8) is 0 Å². The molecule has 0 aliphatic heterocycles. The van der Waals surface area contributed by atoms with E-state index in [-0.39, 0.29) is 24.3 Å². The highest BCUT2D eigenvalue weighted by Gasteiger charge is 2.47. The molecule has 5 nitrogen and oxygen atoms in total. The van der Waals surface area contributed by atoms with Gasteiger partial charge in [-0.05, 0) is 30.9 Å². The Morgan fingerprint density at radius 1 is 1.48 bits per heavy atom. The molecule has 3 unspecified atom stereocenters. The third-order valence-electron chi connectivity index (χ3n) is 3.74. The van der Waals surface area contributed by atoms with Gasteiger partial charge >= 0.3 is 5.97 Å². The van der Waals surface area contributed by atoms with E-state index in [1.807, 2.05) is 18.2 Å². The molecule has 0 saturated heterocycles. The summed E-state index contributed by atoms with van der Waals surface area (Å²) in [4.78, 5) is 23.5. The van der Waals surface area contributed by atoms with Crippen LogP contribution in [0.15, 0.2) is 24.3 Å². The minimum Gasteiger partial charge on any atom is -0.479 e. The van der Waals surface area contributed by atoms with E-state index in [0.29, 0.717) is 11.4 Å². The van der Waals surface area contributed by atoms with Gasteiger partial charge in [0.15, 0.2) is 5.54 Å². The van der Waals surface area contributed by atoms with Gasteiger partial charge in [0.25, 0.3) is 0 Å². The van der Waals surface area contributed by atoms with Crippen LogP contribution in [0.5, 0.6) is 0 Å². The Morgan fingerprint density at radius 2 is 2.14 bits per heavy atom. The number of carbonyl (C=O) groups is 2. The minimum atomic E-state index is -1.42. The zero-order valence-electron chi connectivity index (χ0n) is 11.9. The second-order valence-electron chi connectivity index (χ2n) is 5.53. The first kappa shape index (κ1) is 15.8. The summed E-state index contributed by atoms with van der Waals surface area (Å²) in [5, 5.41) is 12.4. The van der Waals surface area contributed by atoms with Crippen LogP contribution < -0.4 is 5.32 Å².